The number of H-pyrrole nitrogens is 1. The Hall–Kier alpha value is -1.33. The maximum Gasteiger partial charge on any atom is 0.326 e. The quantitative estimate of drug-likeness (QED) is 0.775. The third kappa shape index (κ3) is 1.96. The van der Waals surface area contributed by atoms with Gasteiger partial charge in [-0.1, -0.05) is 22.0 Å². The minimum atomic E-state index is -0.0634. The molecule has 0 radical (unpaired) electrons. The lowest BCUT2D eigenvalue weighted by Crippen LogP contribution is -2.16. The van der Waals surface area contributed by atoms with E-state index in [0.717, 1.165) is 15.5 Å². The fourth-order valence-corrected chi connectivity index (χ4v) is 2.90. The maximum absolute atomic E-state index is 11.9. The highest BCUT2D eigenvalue weighted by Gasteiger charge is 2.07. The van der Waals surface area contributed by atoms with Crippen molar-refractivity contribution in [2.75, 3.05) is 0 Å². The number of halogens is 1. The fraction of sp³-hybridized carbons (Fsp3) is 0.0833. The van der Waals surface area contributed by atoms with Crippen LogP contribution in [0.15, 0.2) is 45.0 Å². The number of rotatable bonds is 2. The largest absolute Gasteiger partial charge is 0.326 e. The van der Waals surface area contributed by atoms with Crippen molar-refractivity contribution in [3.63, 3.8) is 0 Å². The number of benzene rings is 1. The van der Waals surface area contributed by atoms with Crippen LogP contribution in [0.3, 0.4) is 0 Å². The Kier molecular flexibility index (Phi) is 2.64. The molecular formula is C12H9BrN2OS. The molecule has 0 bridgehead atoms. The second-order valence-electron chi connectivity index (χ2n) is 3.76. The first-order valence-electron chi connectivity index (χ1n) is 5.14. The molecule has 3 rings (SSSR count). The number of fused-ring (bicyclic) bond motifs is 1. The first-order valence-corrected chi connectivity index (χ1v) is 6.82. The normalized spacial score (nSPS) is 11.1. The smallest absolute Gasteiger partial charge is 0.305 e. The topological polar surface area (TPSA) is 37.8 Å². The Balaban J connectivity index is 2.16. The molecule has 0 saturated carbocycles. The molecule has 0 unspecified atom stereocenters. The number of aromatic nitrogens is 2. The van der Waals surface area contributed by atoms with Gasteiger partial charge in [0.2, 0.25) is 0 Å². The molecule has 0 amide bonds. The second kappa shape index (κ2) is 4.16. The summed E-state index contributed by atoms with van der Waals surface area (Å²) in [7, 11) is 0. The Labute approximate surface area is 110 Å². The predicted octanol–water partition coefficient (Wildman–Crippen LogP) is 3.20. The predicted molar refractivity (Wildman–Crippen MR) is 73.7 cm³/mol. The number of aromatic amines is 1. The lowest BCUT2D eigenvalue weighted by Gasteiger charge is -2.00. The van der Waals surface area contributed by atoms with Crippen LogP contribution in [0.25, 0.3) is 11.0 Å². The summed E-state index contributed by atoms with van der Waals surface area (Å²) in [4.78, 5) is 15.9. The summed E-state index contributed by atoms with van der Waals surface area (Å²) in [6.45, 7) is 0.623. The van der Waals surface area contributed by atoms with Crippen LogP contribution < -0.4 is 5.69 Å². The number of nitrogens with one attached hydrogen (secondary N) is 1. The number of nitrogens with zero attached hydrogens (tertiary/aromatic N) is 1. The van der Waals surface area contributed by atoms with E-state index in [-0.39, 0.29) is 5.69 Å². The van der Waals surface area contributed by atoms with E-state index >= 15 is 0 Å². The molecule has 0 saturated heterocycles. The van der Waals surface area contributed by atoms with Crippen LogP contribution in [-0.2, 0) is 6.54 Å². The van der Waals surface area contributed by atoms with E-state index in [1.165, 1.54) is 4.88 Å². The summed E-state index contributed by atoms with van der Waals surface area (Å²) in [6, 6.07) is 9.85. The molecule has 3 nitrogen and oxygen atoms in total. The van der Waals surface area contributed by atoms with E-state index in [9.17, 15) is 4.79 Å². The molecule has 2 aromatic heterocycles. The molecule has 0 aliphatic heterocycles. The zero-order valence-corrected chi connectivity index (χ0v) is 11.2. The molecular weight excluding hydrogens is 300 g/mol. The molecule has 2 heterocycles. The first-order chi connectivity index (χ1) is 8.24. The van der Waals surface area contributed by atoms with Crippen LogP contribution in [0.1, 0.15) is 4.88 Å². The number of imidazole rings is 1. The molecule has 5 heteroatoms. The third-order valence-corrected chi connectivity index (χ3v) is 3.98. The summed E-state index contributed by atoms with van der Waals surface area (Å²) >= 11 is 5.06. The molecule has 0 spiro atoms. The van der Waals surface area contributed by atoms with Gasteiger partial charge in [-0.25, -0.2) is 4.79 Å². The minimum Gasteiger partial charge on any atom is -0.305 e. The average molecular weight is 309 g/mol. The molecule has 3 aromatic rings. The Bertz CT molecular complexity index is 712. The highest BCUT2D eigenvalue weighted by atomic mass is 79.9. The number of thiophene rings is 1. The van der Waals surface area contributed by atoms with Crippen molar-refractivity contribution >= 4 is 38.3 Å². The van der Waals surface area contributed by atoms with E-state index in [4.69, 9.17) is 0 Å². The van der Waals surface area contributed by atoms with Crippen molar-refractivity contribution in [3.8, 4) is 0 Å². The first kappa shape index (κ1) is 10.8. The average Bonchev–Trinajstić information content (AvgIpc) is 2.88. The molecule has 86 valence electrons. The van der Waals surface area contributed by atoms with Crippen molar-refractivity contribution in [1.82, 2.24) is 9.55 Å². The summed E-state index contributed by atoms with van der Waals surface area (Å²) in [6.07, 6.45) is 0. The zero-order chi connectivity index (χ0) is 11.8. The second-order valence-corrected chi connectivity index (χ2v) is 5.71. The van der Waals surface area contributed by atoms with Gasteiger partial charge in [-0.2, -0.15) is 0 Å². The summed E-state index contributed by atoms with van der Waals surface area (Å²) in [5, 5.41) is 2.02. The van der Waals surface area contributed by atoms with Crippen LogP contribution in [0.2, 0.25) is 0 Å². The highest BCUT2D eigenvalue weighted by molar-refractivity contribution is 9.10. The molecule has 0 atom stereocenters. The Morgan fingerprint density at radius 3 is 3.00 bits per heavy atom. The van der Waals surface area contributed by atoms with Crippen molar-refractivity contribution in [2.45, 2.75) is 6.54 Å². The Morgan fingerprint density at radius 1 is 1.35 bits per heavy atom. The summed E-state index contributed by atoms with van der Waals surface area (Å²) in [5.41, 5.74) is 1.74. The van der Waals surface area contributed by atoms with Crippen molar-refractivity contribution in [1.29, 1.82) is 0 Å². The van der Waals surface area contributed by atoms with Gasteiger partial charge < -0.3 is 4.98 Å². The van der Waals surface area contributed by atoms with Gasteiger partial charge in [-0.05, 0) is 29.6 Å². The van der Waals surface area contributed by atoms with Gasteiger partial charge in [0.05, 0.1) is 17.6 Å². The van der Waals surface area contributed by atoms with Crippen LogP contribution in [-0.4, -0.2) is 9.55 Å². The van der Waals surface area contributed by atoms with Gasteiger partial charge >= 0.3 is 5.69 Å². The third-order valence-electron chi connectivity index (χ3n) is 2.63. The van der Waals surface area contributed by atoms with Gasteiger partial charge in [-0.3, -0.25) is 4.57 Å². The van der Waals surface area contributed by atoms with E-state index in [0.29, 0.717) is 6.54 Å². The SMILES string of the molecule is O=c1[nH]c2cc(Br)ccc2n1Cc1cccs1. The monoisotopic (exact) mass is 308 g/mol. The van der Waals surface area contributed by atoms with Crippen LogP contribution in [0, 0.1) is 0 Å². The van der Waals surface area contributed by atoms with Gasteiger partial charge in [0, 0.05) is 9.35 Å². The van der Waals surface area contributed by atoms with Crippen molar-refractivity contribution in [3.05, 3.63) is 55.5 Å². The molecule has 0 aliphatic carbocycles. The molecule has 1 N–H and O–H groups in total. The standard InChI is InChI=1S/C12H9BrN2OS/c13-8-3-4-11-10(6-8)14-12(16)15(11)7-9-2-1-5-17-9/h1-6H,7H2,(H,14,16). The molecule has 0 aliphatic rings. The van der Waals surface area contributed by atoms with Crippen LogP contribution in [0.5, 0.6) is 0 Å². The number of hydrogen-bond donors (Lipinski definition) is 1. The van der Waals surface area contributed by atoms with E-state index < -0.39 is 0 Å². The van der Waals surface area contributed by atoms with E-state index in [2.05, 4.69) is 20.9 Å². The number of hydrogen-bond acceptors (Lipinski definition) is 2. The van der Waals surface area contributed by atoms with Crippen molar-refractivity contribution < 1.29 is 0 Å². The van der Waals surface area contributed by atoms with Gasteiger partial charge in [-0.15, -0.1) is 11.3 Å². The zero-order valence-electron chi connectivity index (χ0n) is 8.81. The maximum atomic E-state index is 11.9. The van der Waals surface area contributed by atoms with Gasteiger partial charge in [0.15, 0.2) is 0 Å². The lowest BCUT2D eigenvalue weighted by atomic mass is 10.3. The lowest BCUT2D eigenvalue weighted by molar-refractivity contribution is 0.798. The van der Waals surface area contributed by atoms with E-state index in [1.807, 2.05) is 35.7 Å². The van der Waals surface area contributed by atoms with Gasteiger partial charge in [0.25, 0.3) is 0 Å². The van der Waals surface area contributed by atoms with E-state index in [1.54, 1.807) is 15.9 Å². The molecule has 17 heavy (non-hydrogen) atoms. The Morgan fingerprint density at radius 2 is 2.24 bits per heavy atom. The van der Waals surface area contributed by atoms with Crippen LogP contribution in [0.4, 0.5) is 0 Å². The highest BCUT2D eigenvalue weighted by Crippen LogP contribution is 2.18. The summed E-state index contributed by atoms with van der Waals surface area (Å²) < 4.78 is 2.72. The fourth-order valence-electron chi connectivity index (χ4n) is 1.85. The summed E-state index contributed by atoms with van der Waals surface area (Å²) in [5.74, 6) is 0. The molecule has 0 fully saturated rings. The molecule has 1 aromatic carbocycles. The van der Waals surface area contributed by atoms with Crippen LogP contribution >= 0.6 is 27.3 Å². The van der Waals surface area contributed by atoms with Gasteiger partial charge in [0.1, 0.15) is 0 Å². The minimum absolute atomic E-state index is 0.0634. The van der Waals surface area contributed by atoms with Crippen molar-refractivity contribution in [2.24, 2.45) is 0 Å².